The minimum Gasteiger partial charge on any atom is -0.364 e. The SMILES string of the molecule is CNC(=S)NN=C(C)C(C)=NNC(=S)Nc1cccc2cccnc12. The molecule has 0 atom stereocenters. The normalized spacial score (nSPS) is 11.8. The molecule has 0 saturated heterocycles. The van der Waals surface area contributed by atoms with Crippen molar-refractivity contribution in [2.45, 2.75) is 13.8 Å². The minimum atomic E-state index is 0.365. The lowest BCUT2D eigenvalue weighted by Crippen LogP contribution is -2.30. The minimum absolute atomic E-state index is 0.365. The number of nitrogens with one attached hydrogen (secondary N) is 4. The molecule has 9 heteroatoms. The van der Waals surface area contributed by atoms with Crippen molar-refractivity contribution < 1.29 is 0 Å². The summed E-state index contributed by atoms with van der Waals surface area (Å²) in [6, 6.07) is 9.74. The second kappa shape index (κ2) is 9.00. The summed E-state index contributed by atoms with van der Waals surface area (Å²) in [4.78, 5) is 4.38. The smallest absolute Gasteiger partial charge is 0.191 e. The standard InChI is InChI=1S/C16H19N7S2/c1-10(20-22-15(24)17-3)11(2)21-23-16(25)19-13-8-4-6-12-7-5-9-18-14(12)13/h4-9H,1-3H3,(H2,17,22,24)(H2,19,23,25). The number of hydrazone groups is 2. The number of rotatable bonds is 4. The van der Waals surface area contributed by atoms with E-state index in [1.54, 1.807) is 13.2 Å². The molecule has 130 valence electrons. The first-order chi connectivity index (χ1) is 12.0. The van der Waals surface area contributed by atoms with E-state index >= 15 is 0 Å². The van der Waals surface area contributed by atoms with Gasteiger partial charge in [0.25, 0.3) is 0 Å². The van der Waals surface area contributed by atoms with Crippen LogP contribution in [0.4, 0.5) is 5.69 Å². The molecule has 2 aromatic rings. The summed E-state index contributed by atoms with van der Waals surface area (Å²) in [6.07, 6.45) is 1.74. The lowest BCUT2D eigenvalue weighted by atomic mass is 10.2. The van der Waals surface area contributed by atoms with E-state index in [0.29, 0.717) is 21.6 Å². The molecule has 0 aliphatic carbocycles. The number of pyridine rings is 1. The fourth-order valence-electron chi connectivity index (χ4n) is 1.84. The van der Waals surface area contributed by atoms with Crippen molar-refractivity contribution in [3.05, 3.63) is 36.5 Å². The van der Waals surface area contributed by atoms with E-state index in [-0.39, 0.29) is 0 Å². The van der Waals surface area contributed by atoms with Gasteiger partial charge < -0.3 is 10.6 Å². The Balaban J connectivity index is 2.01. The van der Waals surface area contributed by atoms with E-state index < -0.39 is 0 Å². The molecular weight excluding hydrogens is 354 g/mol. The summed E-state index contributed by atoms with van der Waals surface area (Å²) < 4.78 is 0. The van der Waals surface area contributed by atoms with Crippen LogP contribution < -0.4 is 21.5 Å². The molecule has 0 aliphatic heterocycles. The van der Waals surface area contributed by atoms with E-state index in [9.17, 15) is 0 Å². The molecule has 0 bridgehead atoms. The molecule has 1 heterocycles. The largest absolute Gasteiger partial charge is 0.364 e. The van der Waals surface area contributed by atoms with Gasteiger partial charge in [-0.1, -0.05) is 18.2 Å². The summed E-state index contributed by atoms with van der Waals surface area (Å²) >= 11 is 10.2. The zero-order chi connectivity index (χ0) is 18.2. The van der Waals surface area contributed by atoms with Gasteiger partial charge in [-0.2, -0.15) is 10.2 Å². The fourth-order valence-corrected chi connectivity index (χ4v) is 2.04. The Labute approximate surface area is 157 Å². The topological polar surface area (TPSA) is 85.7 Å². The average Bonchev–Trinajstić information content (AvgIpc) is 2.64. The van der Waals surface area contributed by atoms with Crippen LogP contribution in [0.3, 0.4) is 0 Å². The van der Waals surface area contributed by atoms with Crippen molar-refractivity contribution in [1.29, 1.82) is 0 Å². The second-order valence-electron chi connectivity index (χ2n) is 5.03. The van der Waals surface area contributed by atoms with E-state index in [0.717, 1.165) is 16.6 Å². The zero-order valence-corrected chi connectivity index (χ0v) is 15.8. The first-order valence-corrected chi connectivity index (χ1v) is 8.30. The molecule has 0 unspecified atom stereocenters. The molecule has 1 aromatic carbocycles. The molecule has 4 N–H and O–H groups in total. The van der Waals surface area contributed by atoms with Crippen LogP contribution in [-0.4, -0.2) is 33.7 Å². The lowest BCUT2D eigenvalue weighted by Gasteiger charge is -2.10. The maximum absolute atomic E-state index is 5.29. The molecule has 0 aliphatic rings. The van der Waals surface area contributed by atoms with E-state index in [2.05, 4.69) is 36.7 Å². The van der Waals surface area contributed by atoms with Crippen LogP contribution >= 0.6 is 24.4 Å². The van der Waals surface area contributed by atoms with Gasteiger partial charge in [-0.25, -0.2) is 0 Å². The Hall–Kier alpha value is -2.65. The predicted molar refractivity (Wildman–Crippen MR) is 112 cm³/mol. The maximum atomic E-state index is 5.29. The van der Waals surface area contributed by atoms with Gasteiger partial charge in [0.1, 0.15) is 0 Å². The molecule has 1 aromatic heterocycles. The maximum Gasteiger partial charge on any atom is 0.191 e. The van der Waals surface area contributed by atoms with Crippen LogP contribution in [0.5, 0.6) is 0 Å². The third-order valence-electron chi connectivity index (χ3n) is 3.28. The van der Waals surface area contributed by atoms with Gasteiger partial charge in [0, 0.05) is 18.6 Å². The number of thiocarbonyl (C=S) groups is 2. The average molecular weight is 374 g/mol. The van der Waals surface area contributed by atoms with E-state index in [4.69, 9.17) is 24.4 Å². The van der Waals surface area contributed by atoms with Crippen molar-refractivity contribution in [3.63, 3.8) is 0 Å². The van der Waals surface area contributed by atoms with Crippen LogP contribution in [-0.2, 0) is 0 Å². The molecular formula is C16H19N7S2. The second-order valence-corrected chi connectivity index (χ2v) is 5.85. The highest BCUT2D eigenvalue weighted by molar-refractivity contribution is 7.80. The Bertz CT molecular complexity index is 840. The summed E-state index contributed by atoms with van der Waals surface area (Å²) in [5.74, 6) is 0. The Morgan fingerprint density at radius 2 is 1.60 bits per heavy atom. The number of aromatic nitrogens is 1. The Kier molecular flexibility index (Phi) is 6.72. The van der Waals surface area contributed by atoms with Gasteiger partial charge in [0.05, 0.1) is 22.6 Å². The van der Waals surface area contributed by atoms with Crippen molar-refractivity contribution in [2.75, 3.05) is 12.4 Å². The van der Waals surface area contributed by atoms with E-state index in [1.807, 2.05) is 44.2 Å². The quantitative estimate of drug-likeness (QED) is 0.372. The van der Waals surface area contributed by atoms with Gasteiger partial charge in [-0.15, -0.1) is 0 Å². The first kappa shape index (κ1) is 18.7. The first-order valence-electron chi connectivity index (χ1n) is 7.48. The third kappa shape index (κ3) is 5.44. The van der Waals surface area contributed by atoms with Crippen molar-refractivity contribution in [1.82, 2.24) is 21.2 Å². The Morgan fingerprint density at radius 1 is 0.960 bits per heavy atom. The number of nitrogens with zero attached hydrogens (tertiary/aromatic N) is 3. The lowest BCUT2D eigenvalue weighted by molar-refractivity contribution is 0.974. The molecule has 0 amide bonds. The molecule has 0 fully saturated rings. The summed E-state index contributed by atoms with van der Waals surface area (Å²) in [6.45, 7) is 3.63. The molecule has 0 saturated carbocycles. The van der Waals surface area contributed by atoms with Gasteiger partial charge in [-0.05, 0) is 50.4 Å². The molecule has 2 rings (SSSR count). The van der Waals surface area contributed by atoms with Crippen molar-refractivity contribution in [3.8, 4) is 0 Å². The highest BCUT2D eigenvalue weighted by Gasteiger charge is 2.04. The molecule has 7 nitrogen and oxygen atoms in total. The van der Waals surface area contributed by atoms with Crippen LogP contribution in [0.15, 0.2) is 46.7 Å². The van der Waals surface area contributed by atoms with Crippen molar-refractivity contribution in [2.24, 2.45) is 10.2 Å². The number of hydrogen-bond acceptors (Lipinski definition) is 5. The summed E-state index contributed by atoms with van der Waals surface area (Å²) in [5.41, 5.74) is 8.52. The fraction of sp³-hybridized carbons (Fsp3) is 0.188. The zero-order valence-electron chi connectivity index (χ0n) is 14.1. The monoisotopic (exact) mass is 373 g/mol. The molecule has 0 spiro atoms. The number of para-hydroxylation sites is 1. The van der Waals surface area contributed by atoms with Crippen LogP contribution in [0.25, 0.3) is 10.9 Å². The third-order valence-corrected chi connectivity index (χ3v) is 3.77. The number of hydrogen-bond donors (Lipinski definition) is 4. The predicted octanol–water partition coefficient (Wildman–Crippen LogP) is 2.37. The van der Waals surface area contributed by atoms with E-state index in [1.165, 1.54) is 0 Å². The highest BCUT2D eigenvalue weighted by Crippen LogP contribution is 2.20. The summed E-state index contributed by atoms with van der Waals surface area (Å²) in [5, 5.41) is 16.0. The van der Waals surface area contributed by atoms with Gasteiger partial charge in [-0.3, -0.25) is 15.8 Å². The van der Waals surface area contributed by atoms with Crippen LogP contribution in [0.1, 0.15) is 13.8 Å². The number of fused-ring (bicyclic) bond motifs is 1. The number of anilines is 1. The van der Waals surface area contributed by atoms with Crippen LogP contribution in [0, 0.1) is 0 Å². The number of benzene rings is 1. The summed E-state index contributed by atoms with van der Waals surface area (Å²) in [7, 11) is 1.72. The molecule has 25 heavy (non-hydrogen) atoms. The highest BCUT2D eigenvalue weighted by atomic mass is 32.1. The van der Waals surface area contributed by atoms with Gasteiger partial charge >= 0.3 is 0 Å². The van der Waals surface area contributed by atoms with Crippen LogP contribution in [0.2, 0.25) is 0 Å². The Morgan fingerprint density at radius 3 is 2.28 bits per heavy atom. The van der Waals surface area contributed by atoms with Gasteiger partial charge in [0.2, 0.25) is 0 Å². The molecule has 0 radical (unpaired) electrons. The van der Waals surface area contributed by atoms with Gasteiger partial charge in [0.15, 0.2) is 10.2 Å². The van der Waals surface area contributed by atoms with Crippen molar-refractivity contribution >= 4 is 62.7 Å².